The summed E-state index contributed by atoms with van der Waals surface area (Å²) in [6, 6.07) is 11.2. The average Bonchev–Trinajstić information content (AvgIpc) is 3.91. The fraction of sp³-hybridized carbons (Fsp3) is 0.500. The maximum atomic E-state index is 14.8. The van der Waals surface area contributed by atoms with Crippen LogP contribution in [-0.2, 0) is 27.2 Å². The van der Waals surface area contributed by atoms with Gasteiger partial charge in [-0.25, -0.2) is 14.1 Å². The third-order valence-electron chi connectivity index (χ3n) is 9.21. The first kappa shape index (κ1) is 31.3. The van der Waals surface area contributed by atoms with Gasteiger partial charge in [-0.2, -0.15) is 5.10 Å². The van der Waals surface area contributed by atoms with Gasteiger partial charge >= 0.3 is 0 Å². The number of nitrogens with one attached hydrogen (secondary N) is 2. The highest BCUT2D eigenvalue weighted by Gasteiger charge is 2.49. The molecule has 10 heteroatoms. The maximum absolute atomic E-state index is 14.8. The van der Waals surface area contributed by atoms with Crippen molar-refractivity contribution in [3.63, 3.8) is 0 Å². The molecule has 2 fully saturated rings. The van der Waals surface area contributed by atoms with Gasteiger partial charge in [0.25, 0.3) is 0 Å². The van der Waals surface area contributed by atoms with Crippen molar-refractivity contribution in [2.75, 3.05) is 23.9 Å². The molecule has 2 saturated carbocycles. The first-order chi connectivity index (χ1) is 21.1. The number of nitrogens with zero attached hydrogens (tertiary/aromatic N) is 3. The summed E-state index contributed by atoms with van der Waals surface area (Å²) in [5.74, 6) is 1.88. The van der Waals surface area contributed by atoms with Crippen LogP contribution in [0.2, 0.25) is 0 Å². The Hall–Kier alpha value is -2.69. The third-order valence-corrected chi connectivity index (χ3v) is 12.1. The molecular weight excluding hydrogens is 641 g/mol. The van der Waals surface area contributed by atoms with Crippen LogP contribution < -0.4 is 5.32 Å². The van der Waals surface area contributed by atoms with Gasteiger partial charge in [-0.1, -0.05) is 28.1 Å². The fourth-order valence-corrected chi connectivity index (χ4v) is 7.62. The van der Waals surface area contributed by atoms with E-state index in [2.05, 4.69) is 58.2 Å². The molecule has 4 aromatic rings. The van der Waals surface area contributed by atoms with E-state index in [0.717, 1.165) is 66.2 Å². The number of halogens is 2. The predicted molar refractivity (Wildman–Crippen MR) is 180 cm³/mol. The fourth-order valence-electron chi connectivity index (χ4n) is 6.34. The van der Waals surface area contributed by atoms with Gasteiger partial charge in [0.1, 0.15) is 29.1 Å². The largest absolute Gasteiger partial charge is 0.354 e. The molecule has 2 N–H and O–H groups in total. The SMILES string of the molecule is Cc1nn(COCC[S+](C)C(C)C)c(C)c1-c1ccc(NC(=O)C(c2nc3c(F)cc(Br)cc3[nH]2)C(C2CC2)C2CC2)cc1. The first-order valence-corrected chi connectivity index (χ1v) is 18.3. The Labute approximate surface area is 270 Å². The van der Waals surface area contributed by atoms with E-state index >= 15 is 0 Å². The quantitative estimate of drug-likeness (QED) is 0.112. The van der Waals surface area contributed by atoms with Gasteiger partial charge in [-0.3, -0.25) is 4.79 Å². The predicted octanol–water partition coefficient (Wildman–Crippen LogP) is 7.73. The van der Waals surface area contributed by atoms with Crippen LogP contribution in [0.3, 0.4) is 0 Å². The van der Waals surface area contributed by atoms with Crippen LogP contribution in [0.15, 0.2) is 40.9 Å². The molecule has 6 rings (SSSR count). The van der Waals surface area contributed by atoms with Crippen LogP contribution in [0, 0.1) is 37.4 Å². The maximum Gasteiger partial charge on any atom is 0.235 e. The summed E-state index contributed by atoms with van der Waals surface area (Å²) in [4.78, 5) is 22.0. The smallest absolute Gasteiger partial charge is 0.235 e. The summed E-state index contributed by atoms with van der Waals surface area (Å²) in [6.45, 7) is 9.76. The van der Waals surface area contributed by atoms with Crippen molar-refractivity contribution >= 4 is 49.5 Å². The minimum absolute atomic E-state index is 0.0928. The van der Waals surface area contributed by atoms with Crippen LogP contribution >= 0.6 is 15.9 Å². The summed E-state index contributed by atoms with van der Waals surface area (Å²) < 4.78 is 23.3. The van der Waals surface area contributed by atoms with Crippen molar-refractivity contribution in [1.82, 2.24) is 19.7 Å². The lowest BCUT2D eigenvalue weighted by Gasteiger charge is -2.25. The second-order valence-corrected chi connectivity index (χ2v) is 16.4. The van der Waals surface area contributed by atoms with E-state index in [4.69, 9.17) is 9.84 Å². The van der Waals surface area contributed by atoms with E-state index in [9.17, 15) is 9.18 Å². The van der Waals surface area contributed by atoms with Crippen molar-refractivity contribution in [1.29, 1.82) is 0 Å². The van der Waals surface area contributed by atoms with E-state index in [0.29, 0.717) is 50.5 Å². The molecule has 2 aliphatic rings. The van der Waals surface area contributed by atoms with Crippen molar-refractivity contribution in [2.45, 2.75) is 71.3 Å². The molecule has 7 nitrogen and oxygen atoms in total. The Balaban J connectivity index is 1.19. The first-order valence-electron chi connectivity index (χ1n) is 15.6. The summed E-state index contributed by atoms with van der Waals surface area (Å²) in [6.07, 6.45) is 6.83. The van der Waals surface area contributed by atoms with Crippen molar-refractivity contribution in [2.24, 2.45) is 17.8 Å². The summed E-state index contributed by atoms with van der Waals surface area (Å²) in [5.41, 5.74) is 5.73. The number of H-pyrrole nitrogens is 1. The minimum Gasteiger partial charge on any atom is -0.354 e. The van der Waals surface area contributed by atoms with Crippen LogP contribution in [0.25, 0.3) is 22.2 Å². The molecule has 0 radical (unpaired) electrons. The van der Waals surface area contributed by atoms with Crippen LogP contribution in [0.4, 0.5) is 10.1 Å². The molecule has 0 bridgehead atoms. The molecule has 2 atom stereocenters. The van der Waals surface area contributed by atoms with Crippen molar-refractivity contribution in [3.8, 4) is 11.1 Å². The van der Waals surface area contributed by atoms with Gasteiger partial charge in [-0.05, 0) is 112 Å². The highest BCUT2D eigenvalue weighted by Crippen LogP contribution is 2.55. The lowest BCUT2D eigenvalue weighted by atomic mass is 9.82. The van der Waals surface area contributed by atoms with Crippen molar-refractivity contribution in [3.05, 3.63) is 63.9 Å². The number of amides is 1. The molecule has 2 aliphatic carbocycles. The molecular formula is C34H42BrFN5O2S+. The van der Waals surface area contributed by atoms with Gasteiger partial charge in [0.15, 0.2) is 5.82 Å². The number of benzene rings is 2. The van der Waals surface area contributed by atoms with E-state index < -0.39 is 11.7 Å². The molecule has 0 spiro atoms. The monoisotopic (exact) mass is 682 g/mol. The van der Waals surface area contributed by atoms with E-state index in [-0.39, 0.29) is 17.3 Å². The van der Waals surface area contributed by atoms with Crippen LogP contribution in [0.5, 0.6) is 0 Å². The number of hydrogen-bond donors (Lipinski definition) is 2. The zero-order valence-electron chi connectivity index (χ0n) is 26.1. The Morgan fingerprint density at radius 2 is 1.84 bits per heavy atom. The third kappa shape index (κ3) is 6.77. The highest BCUT2D eigenvalue weighted by atomic mass is 79.9. The summed E-state index contributed by atoms with van der Waals surface area (Å²) in [7, 11) is 0.351. The molecule has 0 aliphatic heterocycles. The number of carbonyl (C=O) groups is 1. The van der Waals surface area contributed by atoms with E-state index in [1.807, 2.05) is 41.9 Å². The standard InChI is InChI=1S/C34H41BrFN5O2S/c1-19(2)44(5)15-14-43-18-41-21(4)29(20(3)40-41)22-10-12-26(13-11-22)37-34(42)31(30(23-6-7-23)24-8-9-24)33-38-28-17-25(35)16-27(36)32(28)39-33/h10-13,16-17,19,23-24,30-31H,6-9,14-15,18H2,1-5H3,(H-,37,38,39,42)/p+1. The average molecular weight is 684 g/mol. The zero-order chi connectivity index (χ0) is 31.1. The molecule has 2 heterocycles. The van der Waals surface area contributed by atoms with Crippen LogP contribution in [-0.4, -0.2) is 49.5 Å². The number of aromatic amines is 1. The number of hydrogen-bond acceptors (Lipinski definition) is 4. The second kappa shape index (κ2) is 13.0. The number of aryl methyl sites for hydroxylation is 1. The van der Waals surface area contributed by atoms with Gasteiger partial charge in [0, 0.05) is 21.4 Å². The van der Waals surface area contributed by atoms with Gasteiger partial charge in [0.2, 0.25) is 5.91 Å². The lowest BCUT2D eigenvalue weighted by Crippen LogP contribution is -2.31. The van der Waals surface area contributed by atoms with Crippen molar-refractivity contribution < 1.29 is 13.9 Å². The number of aromatic nitrogens is 4. The lowest BCUT2D eigenvalue weighted by molar-refractivity contribution is -0.119. The summed E-state index contributed by atoms with van der Waals surface area (Å²) >= 11 is 3.38. The molecule has 2 aromatic carbocycles. The molecule has 2 aromatic heterocycles. The van der Waals surface area contributed by atoms with Gasteiger partial charge in [-0.15, -0.1) is 0 Å². The Morgan fingerprint density at radius 3 is 2.48 bits per heavy atom. The van der Waals surface area contributed by atoms with Gasteiger partial charge < -0.3 is 15.0 Å². The molecule has 234 valence electrons. The van der Waals surface area contributed by atoms with E-state index in [1.165, 1.54) is 6.07 Å². The Bertz CT molecular complexity index is 1630. The topological polar surface area (TPSA) is 84.8 Å². The number of carbonyl (C=O) groups excluding carboxylic acids is 1. The second-order valence-electron chi connectivity index (χ2n) is 12.7. The van der Waals surface area contributed by atoms with Gasteiger partial charge in [0.05, 0.1) is 30.0 Å². The Morgan fingerprint density at radius 1 is 1.16 bits per heavy atom. The molecule has 0 saturated heterocycles. The number of imidazole rings is 1. The number of anilines is 1. The summed E-state index contributed by atoms with van der Waals surface area (Å²) in [5, 5.41) is 8.60. The molecule has 1 amide bonds. The number of ether oxygens (including phenoxy) is 1. The van der Waals surface area contributed by atoms with E-state index in [1.54, 1.807) is 0 Å². The molecule has 2 unspecified atom stereocenters. The number of rotatable bonds is 13. The normalized spacial score (nSPS) is 16.7. The number of fused-ring (bicyclic) bond motifs is 1. The minimum atomic E-state index is -0.466. The zero-order valence-corrected chi connectivity index (χ0v) is 28.5. The van der Waals surface area contributed by atoms with Crippen LogP contribution in [0.1, 0.15) is 62.7 Å². The highest BCUT2D eigenvalue weighted by molar-refractivity contribution is 9.10. The Kier molecular flexibility index (Phi) is 9.22. The molecule has 44 heavy (non-hydrogen) atoms.